The second-order valence-corrected chi connectivity index (χ2v) is 5.42. The van der Waals surface area contributed by atoms with Gasteiger partial charge in [0.2, 0.25) is 0 Å². The molecular formula is C14H14Cl2O2. The molecule has 0 radical (unpaired) electrons. The average molecular weight is 285 g/mol. The maximum absolute atomic E-state index is 10.6. The Morgan fingerprint density at radius 2 is 1.28 bits per heavy atom. The maximum Gasteiger partial charge on any atom is 0.113 e. The van der Waals surface area contributed by atoms with Crippen LogP contribution in [0.5, 0.6) is 0 Å². The van der Waals surface area contributed by atoms with Gasteiger partial charge in [0.05, 0.1) is 0 Å². The van der Waals surface area contributed by atoms with E-state index in [4.69, 9.17) is 23.2 Å². The molecule has 0 heterocycles. The highest BCUT2D eigenvalue weighted by atomic mass is 35.5. The second kappa shape index (κ2) is 5.06. The summed E-state index contributed by atoms with van der Waals surface area (Å²) in [6, 6.07) is 0. The van der Waals surface area contributed by atoms with Crippen molar-refractivity contribution in [2.24, 2.45) is 0 Å². The van der Waals surface area contributed by atoms with Crippen LogP contribution in [0.25, 0.3) is 0 Å². The number of aliphatic hydroxyl groups is 2. The van der Waals surface area contributed by atoms with Gasteiger partial charge in [-0.3, -0.25) is 0 Å². The zero-order valence-corrected chi connectivity index (χ0v) is 11.2. The third-order valence-corrected chi connectivity index (χ3v) is 3.53. The van der Waals surface area contributed by atoms with Gasteiger partial charge in [0, 0.05) is 18.4 Å². The summed E-state index contributed by atoms with van der Waals surface area (Å²) in [5.41, 5.74) is -2.48. The first kappa shape index (κ1) is 13.6. The molecule has 2 unspecified atom stereocenters. The topological polar surface area (TPSA) is 40.5 Å². The van der Waals surface area contributed by atoms with Crippen LogP contribution in [0.4, 0.5) is 0 Å². The number of rotatable bonds is 2. The first-order valence-electron chi connectivity index (χ1n) is 5.68. The molecule has 2 N–H and O–H groups in total. The van der Waals surface area contributed by atoms with Crippen molar-refractivity contribution in [2.75, 3.05) is 0 Å². The minimum absolute atomic E-state index is 0.0973. The van der Waals surface area contributed by atoms with E-state index in [1.807, 2.05) is 24.3 Å². The zero-order chi connectivity index (χ0) is 13.2. The van der Waals surface area contributed by atoms with Crippen molar-refractivity contribution < 1.29 is 10.2 Å². The van der Waals surface area contributed by atoms with Gasteiger partial charge in [-0.2, -0.15) is 0 Å². The van der Waals surface area contributed by atoms with Crippen LogP contribution in [0.1, 0.15) is 12.8 Å². The molecule has 2 atom stereocenters. The number of hydrogen-bond acceptors (Lipinski definition) is 2. The summed E-state index contributed by atoms with van der Waals surface area (Å²) in [7, 11) is 0. The molecule has 0 aliphatic heterocycles. The van der Waals surface area contributed by atoms with Gasteiger partial charge >= 0.3 is 0 Å². The van der Waals surface area contributed by atoms with Gasteiger partial charge in [0.15, 0.2) is 0 Å². The Bertz CT molecular complexity index is 446. The smallest absolute Gasteiger partial charge is 0.113 e. The molecule has 0 amide bonds. The van der Waals surface area contributed by atoms with E-state index in [1.165, 1.54) is 0 Å². The Balaban J connectivity index is 2.46. The molecule has 0 aromatic heterocycles. The van der Waals surface area contributed by atoms with Crippen molar-refractivity contribution in [3.63, 3.8) is 0 Å². The Morgan fingerprint density at radius 3 is 1.56 bits per heavy atom. The van der Waals surface area contributed by atoms with Crippen LogP contribution in [0.15, 0.2) is 58.7 Å². The van der Waals surface area contributed by atoms with Crippen LogP contribution in [-0.2, 0) is 0 Å². The van der Waals surface area contributed by atoms with Crippen LogP contribution in [-0.4, -0.2) is 21.4 Å². The summed E-state index contributed by atoms with van der Waals surface area (Å²) in [6.45, 7) is 0. The van der Waals surface area contributed by atoms with E-state index >= 15 is 0 Å². The second-order valence-electron chi connectivity index (χ2n) is 4.47. The Labute approximate surface area is 116 Å². The lowest BCUT2D eigenvalue weighted by Gasteiger charge is -2.38. The summed E-state index contributed by atoms with van der Waals surface area (Å²) in [4.78, 5) is 0. The van der Waals surface area contributed by atoms with E-state index in [1.54, 1.807) is 24.3 Å². The minimum atomic E-state index is -1.35. The molecule has 2 nitrogen and oxygen atoms in total. The fraction of sp³-hybridized carbons (Fsp3) is 0.286. The minimum Gasteiger partial charge on any atom is -0.381 e. The molecular weight excluding hydrogens is 271 g/mol. The van der Waals surface area contributed by atoms with Crippen molar-refractivity contribution in [1.82, 2.24) is 0 Å². The van der Waals surface area contributed by atoms with Gasteiger partial charge in [0.25, 0.3) is 0 Å². The van der Waals surface area contributed by atoms with Crippen molar-refractivity contribution in [3.05, 3.63) is 58.7 Å². The summed E-state index contributed by atoms with van der Waals surface area (Å²) in [6.07, 6.45) is 14.6. The monoisotopic (exact) mass is 284 g/mol. The normalized spacial score (nSPS) is 33.8. The zero-order valence-electron chi connectivity index (χ0n) is 9.68. The van der Waals surface area contributed by atoms with E-state index in [0.29, 0.717) is 12.8 Å². The summed E-state index contributed by atoms with van der Waals surface area (Å²) < 4.78 is -0.0973. The van der Waals surface area contributed by atoms with Crippen LogP contribution in [0.3, 0.4) is 0 Å². The first-order chi connectivity index (χ1) is 8.48. The van der Waals surface area contributed by atoms with Gasteiger partial charge in [0.1, 0.15) is 15.7 Å². The molecule has 4 heteroatoms. The molecule has 0 aromatic carbocycles. The van der Waals surface area contributed by atoms with E-state index < -0.39 is 11.2 Å². The highest BCUT2D eigenvalue weighted by Gasteiger charge is 2.43. The average Bonchev–Trinajstić information content (AvgIpc) is 2.29. The highest BCUT2D eigenvalue weighted by Crippen LogP contribution is 2.41. The maximum atomic E-state index is 10.6. The van der Waals surface area contributed by atoms with E-state index in [9.17, 15) is 10.2 Å². The Morgan fingerprint density at radius 1 is 0.833 bits per heavy atom. The van der Waals surface area contributed by atoms with E-state index in [0.717, 1.165) is 0 Å². The molecule has 2 aliphatic carbocycles. The molecule has 18 heavy (non-hydrogen) atoms. The Kier molecular flexibility index (Phi) is 3.83. The van der Waals surface area contributed by atoms with Gasteiger partial charge in [-0.05, 0) is 12.2 Å². The number of halogens is 2. The standard InChI is InChI=1S/C14H14Cl2O2/c15-12(16)11(13(17)7-3-1-4-8-13)14(18)9-5-2-6-10-14/h1-7,9,17-18H,8,10H2. The van der Waals surface area contributed by atoms with E-state index in [2.05, 4.69) is 0 Å². The molecule has 0 saturated carbocycles. The lowest BCUT2D eigenvalue weighted by molar-refractivity contribution is 0.0552. The largest absolute Gasteiger partial charge is 0.381 e. The molecule has 0 saturated heterocycles. The molecule has 0 spiro atoms. The van der Waals surface area contributed by atoms with Gasteiger partial charge in [-0.25, -0.2) is 0 Å². The van der Waals surface area contributed by atoms with Gasteiger partial charge in [-0.15, -0.1) is 0 Å². The van der Waals surface area contributed by atoms with Gasteiger partial charge in [-0.1, -0.05) is 59.7 Å². The van der Waals surface area contributed by atoms with Crippen molar-refractivity contribution in [1.29, 1.82) is 0 Å². The Hall–Kier alpha value is -0.800. The van der Waals surface area contributed by atoms with Crippen molar-refractivity contribution in [3.8, 4) is 0 Å². The molecule has 2 aliphatic rings. The van der Waals surface area contributed by atoms with Crippen LogP contribution < -0.4 is 0 Å². The van der Waals surface area contributed by atoms with Crippen LogP contribution in [0, 0.1) is 0 Å². The van der Waals surface area contributed by atoms with Crippen molar-refractivity contribution in [2.45, 2.75) is 24.0 Å². The van der Waals surface area contributed by atoms with Crippen LogP contribution in [0.2, 0.25) is 0 Å². The summed E-state index contributed by atoms with van der Waals surface area (Å²) in [5, 5.41) is 21.3. The third kappa shape index (κ3) is 2.47. The predicted octanol–water partition coefficient (Wildman–Crippen LogP) is 3.17. The SMILES string of the molecule is OC1(C(=C(Cl)Cl)C2(O)C=CC=CC2)C=CC=CC1. The van der Waals surface area contributed by atoms with Crippen LogP contribution >= 0.6 is 23.2 Å². The first-order valence-corrected chi connectivity index (χ1v) is 6.43. The molecule has 0 aromatic rings. The molecule has 96 valence electrons. The fourth-order valence-corrected chi connectivity index (χ4v) is 2.95. The fourth-order valence-electron chi connectivity index (χ4n) is 2.29. The molecule has 0 fully saturated rings. The van der Waals surface area contributed by atoms with Crippen molar-refractivity contribution >= 4 is 23.2 Å². The van der Waals surface area contributed by atoms with E-state index in [-0.39, 0.29) is 10.1 Å². The highest BCUT2D eigenvalue weighted by molar-refractivity contribution is 6.56. The van der Waals surface area contributed by atoms with Gasteiger partial charge < -0.3 is 10.2 Å². The number of hydrogen-bond donors (Lipinski definition) is 2. The number of allylic oxidation sites excluding steroid dienone is 4. The molecule has 0 bridgehead atoms. The quantitative estimate of drug-likeness (QED) is 0.818. The predicted molar refractivity (Wildman–Crippen MR) is 74.4 cm³/mol. The lowest BCUT2D eigenvalue weighted by Crippen LogP contribution is -2.43. The summed E-state index contributed by atoms with van der Waals surface area (Å²) in [5.74, 6) is 0. The lowest BCUT2D eigenvalue weighted by atomic mass is 9.75. The molecule has 2 rings (SSSR count). The third-order valence-electron chi connectivity index (χ3n) is 3.15. The summed E-state index contributed by atoms with van der Waals surface area (Å²) >= 11 is 11.8.